The van der Waals surface area contributed by atoms with E-state index in [0.29, 0.717) is 6.61 Å². The third-order valence-corrected chi connectivity index (χ3v) is 5.41. The number of hydrogen-bond donors (Lipinski definition) is 0. The molecule has 29 heavy (non-hydrogen) atoms. The molecule has 2 aromatic rings. The van der Waals surface area contributed by atoms with E-state index in [1.807, 2.05) is 42.5 Å². The summed E-state index contributed by atoms with van der Waals surface area (Å²) in [6, 6.07) is 18.2. The van der Waals surface area contributed by atoms with Gasteiger partial charge in [-0.2, -0.15) is 0 Å². The number of rotatable bonds is 12. The first-order valence-electron chi connectivity index (χ1n) is 11.0. The molecule has 0 unspecified atom stereocenters. The monoisotopic (exact) mass is 417 g/mol. The zero-order valence-electron chi connectivity index (χ0n) is 17.6. The van der Waals surface area contributed by atoms with Gasteiger partial charge < -0.3 is 14.4 Å². The summed E-state index contributed by atoms with van der Waals surface area (Å²) in [5, 5.41) is 0. The van der Waals surface area contributed by atoms with Crippen molar-refractivity contribution in [3.63, 3.8) is 0 Å². The molecule has 0 amide bonds. The first-order valence-corrected chi connectivity index (χ1v) is 11.0. The lowest BCUT2D eigenvalue weighted by Crippen LogP contribution is -2.30. The number of unbranched alkanes of at least 4 members (excludes halogenated alkanes) is 4. The van der Waals surface area contributed by atoms with Gasteiger partial charge in [0.05, 0.1) is 6.61 Å². The first kappa shape index (κ1) is 23.6. The second kappa shape index (κ2) is 14.3. The number of hydrogen-bond acceptors (Lipinski definition) is 3. The Kier molecular flexibility index (Phi) is 11.6. The molecule has 0 radical (unpaired) electrons. The average Bonchev–Trinajstić information content (AvgIpc) is 2.76. The highest BCUT2D eigenvalue weighted by Gasteiger charge is 2.08. The lowest BCUT2D eigenvalue weighted by atomic mass is 10.1. The van der Waals surface area contributed by atoms with Crippen molar-refractivity contribution >= 4 is 12.4 Å². The molecule has 0 spiro atoms. The summed E-state index contributed by atoms with van der Waals surface area (Å²) in [6.07, 6.45) is 10.7. The van der Waals surface area contributed by atoms with Gasteiger partial charge in [-0.25, -0.2) is 0 Å². The molecular formula is C25H36ClNO2. The Morgan fingerprint density at radius 2 is 1.28 bits per heavy atom. The van der Waals surface area contributed by atoms with Gasteiger partial charge in [-0.3, -0.25) is 0 Å². The Labute approximate surface area is 182 Å². The molecule has 1 heterocycles. The average molecular weight is 418 g/mol. The molecule has 0 N–H and O–H groups in total. The maximum atomic E-state index is 5.86. The Hall–Kier alpha value is -1.71. The van der Waals surface area contributed by atoms with E-state index in [0.717, 1.165) is 24.5 Å². The van der Waals surface area contributed by atoms with Crippen LogP contribution in [0.5, 0.6) is 11.5 Å². The maximum Gasteiger partial charge on any atom is 0.120 e. The summed E-state index contributed by atoms with van der Waals surface area (Å²) in [5.74, 6) is 1.81. The van der Waals surface area contributed by atoms with Gasteiger partial charge in [0, 0.05) is 0 Å². The van der Waals surface area contributed by atoms with E-state index in [9.17, 15) is 0 Å². The number of nitrogens with zero attached hydrogens (tertiary/aromatic N) is 1. The Bertz CT molecular complexity index is 642. The van der Waals surface area contributed by atoms with Crippen LogP contribution < -0.4 is 9.47 Å². The Morgan fingerprint density at radius 3 is 2.00 bits per heavy atom. The number of piperidine rings is 1. The molecule has 0 saturated carbocycles. The van der Waals surface area contributed by atoms with Crippen LogP contribution in [0, 0.1) is 0 Å². The van der Waals surface area contributed by atoms with Gasteiger partial charge in [-0.15, -0.1) is 12.4 Å². The van der Waals surface area contributed by atoms with Crippen LogP contribution in [0.4, 0.5) is 0 Å². The molecule has 1 saturated heterocycles. The molecule has 0 aromatic heterocycles. The van der Waals surface area contributed by atoms with Crippen molar-refractivity contribution in [2.45, 2.75) is 58.0 Å². The van der Waals surface area contributed by atoms with Crippen molar-refractivity contribution in [3.05, 3.63) is 60.2 Å². The fourth-order valence-electron chi connectivity index (χ4n) is 3.71. The standard InChI is InChI=1S/C25H35NO2.ClH/c1(2-8-18-26-19-9-5-10-20-26)3-11-21-27-24-14-16-25(17-15-24)28-22-23-12-6-4-7-13-23;/h4,6-7,12-17H,1-3,5,8-11,18-22H2;1H. The molecule has 1 aliphatic rings. The van der Waals surface area contributed by atoms with E-state index in [1.54, 1.807) is 0 Å². The summed E-state index contributed by atoms with van der Waals surface area (Å²) in [4.78, 5) is 2.64. The van der Waals surface area contributed by atoms with Gasteiger partial charge in [0.2, 0.25) is 0 Å². The zero-order valence-corrected chi connectivity index (χ0v) is 18.4. The minimum atomic E-state index is 0. The van der Waals surface area contributed by atoms with Crippen molar-refractivity contribution in [1.82, 2.24) is 4.90 Å². The second-order valence-corrected chi connectivity index (χ2v) is 7.76. The SMILES string of the molecule is Cl.c1ccc(COc2ccc(OCCCCCCCN3CCCCC3)cc2)cc1. The highest BCUT2D eigenvalue weighted by Crippen LogP contribution is 2.19. The first-order chi connectivity index (χ1) is 13.9. The quantitative estimate of drug-likeness (QED) is 0.368. The summed E-state index contributed by atoms with van der Waals surface area (Å²) < 4.78 is 11.7. The summed E-state index contributed by atoms with van der Waals surface area (Å²) in [7, 11) is 0. The largest absolute Gasteiger partial charge is 0.494 e. The number of benzene rings is 2. The van der Waals surface area contributed by atoms with Crippen molar-refractivity contribution in [2.75, 3.05) is 26.2 Å². The number of ether oxygens (including phenoxy) is 2. The number of halogens is 1. The lowest BCUT2D eigenvalue weighted by molar-refractivity contribution is 0.223. The molecule has 4 heteroatoms. The van der Waals surface area contributed by atoms with E-state index in [2.05, 4.69) is 17.0 Å². The molecule has 0 atom stereocenters. The van der Waals surface area contributed by atoms with E-state index in [1.165, 1.54) is 70.1 Å². The van der Waals surface area contributed by atoms with Gasteiger partial charge in [-0.1, -0.05) is 56.0 Å². The van der Waals surface area contributed by atoms with Crippen molar-refractivity contribution in [3.8, 4) is 11.5 Å². The Balaban J connectivity index is 0.00000300. The Morgan fingerprint density at radius 1 is 0.655 bits per heavy atom. The van der Waals surface area contributed by atoms with E-state index >= 15 is 0 Å². The highest BCUT2D eigenvalue weighted by atomic mass is 35.5. The van der Waals surface area contributed by atoms with Crippen LogP contribution in [0.15, 0.2) is 54.6 Å². The second-order valence-electron chi connectivity index (χ2n) is 7.76. The highest BCUT2D eigenvalue weighted by molar-refractivity contribution is 5.85. The van der Waals surface area contributed by atoms with Crippen LogP contribution in [0.2, 0.25) is 0 Å². The topological polar surface area (TPSA) is 21.7 Å². The predicted octanol–water partition coefficient (Wildman–Crippen LogP) is 6.50. The van der Waals surface area contributed by atoms with Crippen LogP contribution in [-0.4, -0.2) is 31.1 Å². The summed E-state index contributed by atoms with van der Waals surface area (Å²) in [6.45, 7) is 5.35. The minimum absolute atomic E-state index is 0. The van der Waals surface area contributed by atoms with Crippen LogP contribution in [0.3, 0.4) is 0 Å². The van der Waals surface area contributed by atoms with Gasteiger partial charge in [-0.05, 0) is 75.1 Å². The molecule has 3 rings (SSSR count). The molecule has 3 nitrogen and oxygen atoms in total. The van der Waals surface area contributed by atoms with Gasteiger partial charge in [0.25, 0.3) is 0 Å². The molecule has 1 fully saturated rings. The van der Waals surface area contributed by atoms with E-state index in [-0.39, 0.29) is 12.4 Å². The fourth-order valence-corrected chi connectivity index (χ4v) is 3.71. The molecule has 1 aliphatic heterocycles. The van der Waals surface area contributed by atoms with Crippen molar-refractivity contribution in [2.24, 2.45) is 0 Å². The zero-order chi connectivity index (χ0) is 19.3. The predicted molar refractivity (Wildman–Crippen MR) is 123 cm³/mol. The van der Waals surface area contributed by atoms with Crippen molar-refractivity contribution < 1.29 is 9.47 Å². The van der Waals surface area contributed by atoms with Crippen molar-refractivity contribution in [1.29, 1.82) is 0 Å². The molecule has 2 aromatic carbocycles. The van der Waals surface area contributed by atoms with Gasteiger partial charge in [0.15, 0.2) is 0 Å². The number of likely N-dealkylation sites (tertiary alicyclic amines) is 1. The van der Waals surface area contributed by atoms with Gasteiger partial charge >= 0.3 is 0 Å². The molecular weight excluding hydrogens is 382 g/mol. The van der Waals surface area contributed by atoms with Crippen LogP contribution in [-0.2, 0) is 6.61 Å². The van der Waals surface area contributed by atoms with Crippen LogP contribution in [0.25, 0.3) is 0 Å². The lowest BCUT2D eigenvalue weighted by Gasteiger charge is -2.26. The fraction of sp³-hybridized carbons (Fsp3) is 0.520. The third kappa shape index (κ3) is 9.56. The minimum Gasteiger partial charge on any atom is -0.494 e. The van der Waals surface area contributed by atoms with E-state index in [4.69, 9.17) is 9.47 Å². The molecule has 160 valence electrons. The normalized spacial score (nSPS) is 14.2. The van der Waals surface area contributed by atoms with Crippen LogP contribution >= 0.6 is 12.4 Å². The molecule has 0 aliphatic carbocycles. The van der Waals surface area contributed by atoms with Gasteiger partial charge in [0.1, 0.15) is 18.1 Å². The maximum absolute atomic E-state index is 5.86. The smallest absolute Gasteiger partial charge is 0.120 e. The van der Waals surface area contributed by atoms with E-state index < -0.39 is 0 Å². The van der Waals surface area contributed by atoms with Crippen LogP contribution in [0.1, 0.15) is 56.9 Å². The third-order valence-electron chi connectivity index (χ3n) is 5.41. The summed E-state index contributed by atoms with van der Waals surface area (Å²) >= 11 is 0. The molecule has 0 bridgehead atoms. The summed E-state index contributed by atoms with van der Waals surface area (Å²) in [5.41, 5.74) is 1.18.